The van der Waals surface area contributed by atoms with Gasteiger partial charge in [-0.05, 0) is 19.1 Å². The standard InChI is InChI=1S/C14H17N5O2/c1-9-11(12(17-19(9)4)14(21)18(2)3)16-13(20)10-6-5-7-15-8-10/h5-8H,1-4H3,(H,16,20). The summed E-state index contributed by atoms with van der Waals surface area (Å²) >= 11 is 0. The van der Waals surface area contributed by atoms with Crippen molar-refractivity contribution in [3.8, 4) is 0 Å². The normalized spacial score (nSPS) is 10.3. The quantitative estimate of drug-likeness (QED) is 0.916. The summed E-state index contributed by atoms with van der Waals surface area (Å²) in [6, 6.07) is 3.33. The highest BCUT2D eigenvalue weighted by Gasteiger charge is 2.22. The van der Waals surface area contributed by atoms with Gasteiger partial charge in [-0.15, -0.1) is 0 Å². The fourth-order valence-electron chi connectivity index (χ4n) is 1.80. The van der Waals surface area contributed by atoms with Gasteiger partial charge in [0, 0.05) is 33.5 Å². The van der Waals surface area contributed by atoms with Crippen molar-refractivity contribution in [2.45, 2.75) is 6.92 Å². The molecule has 2 aromatic rings. The summed E-state index contributed by atoms with van der Waals surface area (Å²) in [6.07, 6.45) is 3.06. The fourth-order valence-corrected chi connectivity index (χ4v) is 1.80. The van der Waals surface area contributed by atoms with E-state index in [1.54, 1.807) is 51.1 Å². The lowest BCUT2D eigenvalue weighted by molar-refractivity contribution is 0.0822. The van der Waals surface area contributed by atoms with Crippen molar-refractivity contribution in [1.29, 1.82) is 0 Å². The highest BCUT2D eigenvalue weighted by atomic mass is 16.2. The zero-order valence-electron chi connectivity index (χ0n) is 12.4. The van der Waals surface area contributed by atoms with Crippen LogP contribution in [0.15, 0.2) is 24.5 Å². The molecule has 0 fully saturated rings. The molecule has 0 aliphatic heterocycles. The molecule has 0 aliphatic carbocycles. The Morgan fingerprint density at radius 1 is 1.33 bits per heavy atom. The van der Waals surface area contributed by atoms with Crippen LogP contribution in [0.3, 0.4) is 0 Å². The van der Waals surface area contributed by atoms with Gasteiger partial charge in [0.15, 0.2) is 5.69 Å². The molecule has 0 bridgehead atoms. The summed E-state index contributed by atoms with van der Waals surface area (Å²) in [5.74, 6) is -0.591. The van der Waals surface area contributed by atoms with Gasteiger partial charge in [0.1, 0.15) is 0 Å². The van der Waals surface area contributed by atoms with Crippen LogP contribution < -0.4 is 5.32 Å². The van der Waals surface area contributed by atoms with E-state index in [1.807, 2.05) is 0 Å². The molecule has 2 aromatic heterocycles. The molecule has 0 aliphatic rings. The van der Waals surface area contributed by atoms with Crippen molar-refractivity contribution in [1.82, 2.24) is 19.7 Å². The van der Waals surface area contributed by atoms with E-state index < -0.39 is 0 Å². The first kappa shape index (κ1) is 14.7. The molecule has 2 rings (SSSR count). The number of hydrogen-bond acceptors (Lipinski definition) is 4. The summed E-state index contributed by atoms with van der Waals surface area (Å²) in [4.78, 5) is 29.7. The smallest absolute Gasteiger partial charge is 0.276 e. The number of amides is 2. The molecule has 0 spiro atoms. The van der Waals surface area contributed by atoms with E-state index in [1.165, 1.54) is 11.1 Å². The van der Waals surface area contributed by atoms with Crippen molar-refractivity contribution in [3.63, 3.8) is 0 Å². The molecule has 0 unspecified atom stereocenters. The first-order valence-electron chi connectivity index (χ1n) is 6.38. The molecule has 0 saturated carbocycles. The van der Waals surface area contributed by atoms with Crippen LogP contribution in [0.5, 0.6) is 0 Å². The minimum Gasteiger partial charge on any atom is -0.343 e. The molecule has 1 N–H and O–H groups in total. The highest BCUT2D eigenvalue weighted by Crippen LogP contribution is 2.21. The molecular formula is C14H17N5O2. The summed E-state index contributed by atoms with van der Waals surface area (Å²) in [5.41, 5.74) is 1.77. The average molecular weight is 287 g/mol. The number of pyridine rings is 1. The van der Waals surface area contributed by atoms with Crippen molar-refractivity contribution in [2.24, 2.45) is 7.05 Å². The molecule has 2 amide bonds. The van der Waals surface area contributed by atoms with E-state index in [9.17, 15) is 9.59 Å². The molecule has 0 atom stereocenters. The Morgan fingerprint density at radius 2 is 2.05 bits per heavy atom. The van der Waals surface area contributed by atoms with Crippen LogP contribution in [0.1, 0.15) is 26.5 Å². The molecule has 0 radical (unpaired) electrons. The Morgan fingerprint density at radius 3 is 2.62 bits per heavy atom. The lowest BCUT2D eigenvalue weighted by Crippen LogP contribution is -2.24. The van der Waals surface area contributed by atoms with E-state index in [0.717, 1.165) is 0 Å². The molecule has 0 aromatic carbocycles. The van der Waals surface area contributed by atoms with Crippen LogP contribution in [0.4, 0.5) is 5.69 Å². The number of anilines is 1. The number of aryl methyl sites for hydroxylation is 1. The maximum atomic E-state index is 12.2. The maximum absolute atomic E-state index is 12.2. The van der Waals surface area contributed by atoms with Gasteiger partial charge in [-0.2, -0.15) is 5.10 Å². The van der Waals surface area contributed by atoms with Crippen LogP contribution in [-0.4, -0.2) is 45.6 Å². The lowest BCUT2D eigenvalue weighted by atomic mass is 10.2. The SMILES string of the molecule is Cc1c(NC(=O)c2cccnc2)c(C(=O)N(C)C)nn1C. The van der Waals surface area contributed by atoms with Crippen molar-refractivity contribution >= 4 is 17.5 Å². The molecule has 7 nitrogen and oxygen atoms in total. The third-order valence-corrected chi connectivity index (χ3v) is 3.11. The van der Waals surface area contributed by atoms with Gasteiger partial charge in [0.2, 0.25) is 0 Å². The van der Waals surface area contributed by atoms with Crippen LogP contribution >= 0.6 is 0 Å². The van der Waals surface area contributed by atoms with Gasteiger partial charge in [-0.1, -0.05) is 0 Å². The Bertz CT molecular complexity index is 676. The second-order valence-corrected chi connectivity index (χ2v) is 4.83. The Hall–Kier alpha value is -2.70. The largest absolute Gasteiger partial charge is 0.343 e. The van der Waals surface area contributed by atoms with Crippen LogP contribution in [0, 0.1) is 6.92 Å². The van der Waals surface area contributed by atoms with Gasteiger partial charge in [0.05, 0.1) is 16.9 Å². The number of carbonyl (C=O) groups is 2. The number of carbonyl (C=O) groups excluding carboxylic acids is 2. The van der Waals surface area contributed by atoms with E-state index in [0.29, 0.717) is 16.9 Å². The van der Waals surface area contributed by atoms with E-state index in [4.69, 9.17) is 0 Å². The van der Waals surface area contributed by atoms with Crippen LogP contribution in [0.2, 0.25) is 0 Å². The van der Waals surface area contributed by atoms with Gasteiger partial charge in [-0.3, -0.25) is 19.3 Å². The second kappa shape index (κ2) is 5.74. The topological polar surface area (TPSA) is 80.1 Å². The lowest BCUT2D eigenvalue weighted by Gasteiger charge is -2.10. The summed E-state index contributed by atoms with van der Waals surface area (Å²) < 4.78 is 1.57. The first-order valence-corrected chi connectivity index (χ1v) is 6.38. The predicted octanol–water partition coefficient (Wildman–Crippen LogP) is 1.08. The van der Waals surface area contributed by atoms with Crippen molar-refractivity contribution in [3.05, 3.63) is 41.5 Å². The number of nitrogens with one attached hydrogen (secondary N) is 1. The van der Waals surface area contributed by atoms with E-state index in [2.05, 4.69) is 15.4 Å². The maximum Gasteiger partial charge on any atom is 0.276 e. The molecule has 21 heavy (non-hydrogen) atoms. The second-order valence-electron chi connectivity index (χ2n) is 4.83. The summed E-state index contributed by atoms with van der Waals surface area (Å²) in [5, 5.41) is 6.92. The van der Waals surface area contributed by atoms with Gasteiger partial charge in [-0.25, -0.2) is 0 Å². The Labute approximate surface area is 122 Å². The fraction of sp³-hybridized carbons (Fsp3) is 0.286. The highest BCUT2D eigenvalue weighted by molar-refractivity contribution is 6.08. The molecule has 0 saturated heterocycles. The third-order valence-electron chi connectivity index (χ3n) is 3.11. The Kier molecular flexibility index (Phi) is 4.02. The number of nitrogens with zero attached hydrogens (tertiary/aromatic N) is 4. The van der Waals surface area contributed by atoms with Gasteiger partial charge >= 0.3 is 0 Å². The van der Waals surface area contributed by atoms with Crippen LogP contribution in [-0.2, 0) is 7.05 Å². The van der Waals surface area contributed by atoms with Crippen LogP contribution in [0.25, 0.3) is 0 Å². The van der Waals surface area contributed by atoms with Gasteiger partial charge in [0.25, 0.3) is 11.8 Å². The minimum absolute atomic E-state index is 0.220. The Balaban J connectivity index is 2.36. The van der Waals surface area contributed by atoms with E-state index >= 15 is 0 Å². The summed E-state index contributed by atoms with van der Waals surface area (Å²) in [7, 11) is 5.00. The average Bonchev–Trinajstić information content (AvgIpc) is 2.75. The molecule has 7 heteroatoms. The molecule has 110 valence electrons. The molecule has 2 heterocycles. The minimum atomic E-state index is -0.327. The van der Waals surface area contributed by atoms with Crippen molar-refractivity contribution in [2.75, 3.05) is 19.4 Å². The zero-order chi connectivity index (χ0) is 15.6. The van der Waals surface area contributed by atoms with E-state index in [-0.39, 0.29) is 17.5 Å². The number of rotatable bonds is 3. The third kappa shape index (κ3) is 2.91. The monoisotopic (exact) mass is 287 g/mol. The number of hydrogen-bond donors (Lipinski definition) is 1. The van der Waals surface area contributed by atoms with Gasteiger partial charge < -0.3 is 10.2 Å². The predicted molar refractivity (Wildman–Crippen MR) is 78.2 cm³/mol. The van der Waals surface area contributed by atoms with Crippen molar-refractivity contribution < 1.29 is 9.59 Å². The number of aromatic nitrogens is 3. The first-order chi connectivity index (χ1) is 9.91. The zero-order valence-corrected chi connectivity index (χ0v) is 12.4. The molecular weight excluding hydrogens is 270 g/mol. The summed E-state index contributed by atoms with van der Waals surface area (Å²) in [6.45, 7) is 1.79.